The monoisotopic (exact) mass is 406 g/mol. The maximum absolute atomic E-state index is 6.30. The summed E-state index contributed by atoms with van der Waals surface area (Å²) in [6, 6.07) is 18.6. The second-order valence-electron chi connectivity index (χ2n) is 7.42. The van der Waals surface area contributed by atoms with Gasteiger partial charge < -0.3 is 4.42 Å². The van der Waals surface area contributed by atoms with E-state index in [9.17, 15) is 0 Å². The molecule has 0 saturated carbocycles. The van der Waals surface area contributed by atoms with Crippen LogP contribution in [0.1, 0.15) is 5.56 Å². The fraction of sp³-hybridized carbons (Fsp3) is 0.0417. The highest BCUT2D eigenvalue weighted by Gasteiger charge is 2.19. The summed E-state index contributed by atoms with van der Waals surface area (Å²) in [5.41, 5.74) is 9.68. The minimum Gasteiger partial charge on any atom is -0.452 e. The van der Waals surface area contributed by atoms with Crippen molar-refractivity contribution in [1.29, 1.82) is 0 Å². The van der Waals surface area contributed by atoms with Gasteiger partial charge in [-0.25, -0.2) is 4.98 Å². The second kappa shape index (κ2) is 5.64. The van der Waals surface area contributed by atoms with E-state index in [2.05, 4.69) is 50.8 Å². The summed E-state index contributed by atoms with van der Waals surface area (Å²) >= 11 is 1.70. The minimum absolute atomic E-state index is 0.776. The lowest BCUT2D eigenvalue weighted by molar-refractivity contribution is 0.665. The molecular formula is C24H14N4OS. The maximum Gasteiger partial charge on any atom is 0.195 e. The van der Waals surface area contributed by atoms with Gasteiger partial charge in [-0.1, -0.05) is 35.6 Å². The summed E-state index contributed by atoms with van der Waals surface area (Å²) in [6.45, 7) is 2.03. The zero-order chi connectivity index (χ0) is 19.8. The fourth-order valence-corrected chi connectivity index (χ4v) is 5.46. The zero-order valence-corrected chi connectivity index (χ0v) is 16.8. The average molecular weight is 406 g/mol. The van der Waals surface area contributed by atoms with E-state index in [1.807, 2.05) is 31.3 Å². The Balaban J connectivity index is 1.60. The molecular weight excluding hydrogens is 392 g/mol. The van der Waals surface area contributed by atoms with Crippen molar-refractivity contribution in [3.05, 3.63) is 72.6 Å². The molecule has 0 aliphatic carbocycles. The van der Waals surface area contributed by atoms with Crippen LogP contribution in [0.3, 0.4) is 0 Å². The van der Waals surface area contributed by atoms with E-state index in [0.29, 0.717) is 0 Å². The van der Waals surface area contributed by atoms with Crippen molar-refractivity contribution in [3.63, 3.8) is 0 Å². The van der Waals surface area contributed by atoms with Crippen LogP contribution in [0.25, 0.3) is 59.5 Å². The number of para-hydroxylation sites is 2. The van der Waals surface area contributed by atoms with E-state index in [0.717, 1.165) is 60.4 Å². The molecule has 0 amide bonds. The molecule has 0 saturated heterocycles. The number of aryl methyl sites for hydroxylation is 1. The van der Waals surface area contributed by atoms with Crippen molar-refractivity contribution in [3.8, 4) is 11.1 Å². The first-order valence-electron chi connectivity index (χ1n) is 9.71. The lowest BCUT2D eigenvalue weighted by atomic mass is 10.1. The lowest BCUT2D eigenvalue weighted by Gasteiger charge is -2.04. The first-order valence-corrected chi connectivity index (χ1v) is 10.5. The lowest BCUT2D eigenvalue weighted by Crippen LogP contribution is -1.84. The first kappa shape index (κ1) is 16.1. The summed E-state index contributed by atoms with van der Waals surface area (Å²) in [6.07, 6.45) is 3.64. The number of imidazole rings is 1. The van der Waals surface area contributed by atoms with Crippen LogP contribution in [0, 0.1) is 6.92 Å². The molecule has 0 spiro atoms. The van der Waals surface area contributed by atoms with Gasteiger partial charge in [-0.2, -0.15) is 0 Å². The Labute approximate surface area is 174 Å². The third kappa shape index (κ3) is 1.98. The molecule has 0 fully saturated rings. The van der Waals surface area contributed by atoms with Gasteiger partial charge in [0.25, 0.3) is 0 Å². The van der Waals surface area contributed by atoms with E-state index in [4.69, 9.17) is 9.40 Å². The summed E-state index contributed by atoms with van der Waals surface area (Å²) < 4.78 is 9.72. The molecule has 142 valence electrons. The average Bonchev–Trinajstić information content (AvgIpc) is 3.43. The molecule has 0 atom stereocenters. The Morgan fingerprint density at radius 3 is 2.53 bits per heavy atom. The van der Waals surface area contributed by atoms with Crippen LogP contribution in [0.4, 0.5) is 0 Å². The molecule has 30 heavy (non-hydrogen) atoms. The van der Waals surface area contributed by atoms with Gasteiger partial charge in [-0.15, -0.1) is 0 Å². The summed E-state index contributed by atoms with van der Waals surface area (Å²) in [5, 5.41) is 0. The van der Waals surface area contributed by atoms with Crippen molar-refractivity contribution in [1.82, 2.24) is 19.4 Å². The predicted molar refractivity (Wildman–Crippen MR) is 121 cm³/mol. The van der Waals surface area contributed by atoms with E-state index in [-0.39, 0.29) is 0 Å². The number of hydrogen-bond acceptors (Lipinski definition) is 5. The van der Waals surface area contributed by atoms with Crippen LogP contribution in [-0.4, -0.2) is 19.4 Å². The Morgan fingerprint density at radius 2 is 1.60 bits per heavy atom. The smallest absolute Gasteiger partial charge is 0.195 e. The number of rotatable bonds is 1. The van der Waals surface area contributed by atoms with Crippen LogP contribution >= 0.6 is 11.3 Å². The summed E-state index contributed by atoms with van der Waals surface area (Å²) in [4.78, 5) is 14.9. The van der Waals surface area contributed by atoms with Crippen LogP contribution in [0.5, 0.6) is 0 Å². The first-order chi connectivity index (χ1) is 14.8. The number of thiazole rings is 1. The number of aromatic nitrogens is 4. The third-order valence-corrected chi connectivity index (χ3v) is 6.77. The number of hydrogen-bond donors (Lipinski definition) is 0. The number of benzene rings is 2. The van der Waals surface area contributed by atoms with E-state index in [1.54, 1.807) is 17.5 Å². The quantitative estimate of drug-likeness (QED) is 0.318. The topological polar surface area (TPSA) is 56.2 Å². The molecule has 0 aliphatic rings. The molecule has 7 aromatic rings. The molecule has 6 heteroatoms. The van der Waals surface area contributed by atoms with Gasteiger partial charge >= 0.3 is 0 Å². The normalized spacial score (nSPS) is 12.2. The molecule has 2 aromatic carbocycles. The predicted octanol–water partition coefficient (Wildman–Crippen LogP) is 6.37. The van der Waals surface area contributed by atoms with Crippen molar-refractivity contribution >= 4 is 59.7 Å². The largest absolute Gasteiger partial charge is 0.452 e. The fourth-order valence-electron chi connectivity index (χ4n) is 4.29. The van der Waals surface area contributed by atoms with Crippen molar-refractivity contribution in [2.75, 3.05) is 0 Å². The minimum atomic E-state index is 0.776. The zero-order valence-electron chi connectivity index (χ0n) is 16.0. The van der Waals surface area contributed by atoms with Crippen molar-refractivity contribution in [2.45, 2.75) is 6.92 Å². The summed E-state index contributed by atoms with van der Waals surface area (Å²) in [5.74, 6) is 0. The van der Waals surface area contributed by atoms with Gasteiger partial charge in [0.05, 0.1) is 21.3 Å². The maximum atomic E-state index is 6.30. The van der Waals surface area contributed by atoms with Crippen molar-refractivity contribution in [2.24, 2.45) is 0 Å². The Morgan fingerprint density at radius 1 is 0.800 bits per heavy atom. The number of nitrogens with zero attached hydrogens (tertiary/aromatic N) is 4. The highest BCUT2D eigenvalue weighted by atomic mass is 32.1. The van der Waals surface area contributed by atoms with Gasteiger partial charge in [0.1, 0.15) is 11.0 Å². The highest BCUT2D eigenvalue weighted by molar-refractivity contribution is 7.24. The molecule has 0 radical (unpaired) electrons. The van der Waals surface area contributed by atoms with E-state index < -0.39 is 0 Å². The molecule has 5 aromatic heterocycles. The van der Waals surface area contributed by atoms with E-state index >= 15 is 0 Å². The second-order valence-corrected chi connectivity index (χ2v) is 8.40. The standard InChI is InChI=1S/C24H14N4OS/c1-13-9-11-25-19-20-22(29-21(13)19)14(10-12-26-20)15-5-4-8-18-23(15)30-24-27-16-6-2-3-7-17(16)28(18)24/h2-12H,1H3. The van der Waals surface area contributed by atoms with Crippen molar-refractivity contribution < 1.29 is 4.42 Å². The molecule has 0 N–H and O–H groups in total. The molecule has 5 nitrogen and oxygen atoms in total. The third-order valence-electron chi connectivity index (χ3n) is 5.68. The number of furan rings is 1. The van der Waals surface area contributed by atoms with Crippen LogP contribution < -0.4 is 0 Å². The Bertz CT molecular complexity index is 1770. The Hall–Kier alpha value is -3.77. The molecule has 7 rings (SSSR count). The van der Waals surface area contributed by atoms with Crippen LogP contribution in [-0.2, 0) is 0 Å². The molecule has 5 heterocycles. The van der Waals surface area contributed by atoms with Gasteiger partial charge in [0.15, 0.2) is 16.1 Å². The highest BCUT2D eigenvalue weighted by Crippen LogP contribution is 2.41. The molecule has 0 unspecified atom stereocenters. The van der Waals surface area contributed by atoms with Crippen LogP contribution in [0.2, 0.25) is 0 Å². The summed E-state index contributed by atoms with van der Waals surface area (Å²) in [7, 11) is 0. The van der Waals surface area contributed by atoms with Crippen LogP contribution in [0.15, 0.2) is 71.4 Å². The van der Waals surface area contributed by atoms with Gasteiger partial charge in [-0.3, -0.25) is 14.4 Å². The Kier molecular flexibility index (Phi) is 3.02. The number of fused-ring (bicyclic) bond motifs is 8. The van der Waals surface area contributed by atoms with Gasteiger partial charge in [0, 0.05) is 23.5 Å². The molecule has 0 aliphatic heterocycles. The molecule has 0 bridgehead atoms. The SMILES string of the molecule is Cc1ccnc2c1oc1c(-c3cccc4c3sc3nc5ccccc5n34)ccnc12. The van der Waals surface area contributed by atoms with Gasteiger partial charge in [-0.05, 0) is 42.8 Å². The van der Waals surface area contributed by atoms with Gasteiger partial charge in [0.2, 0.25) is 0 Å². The van der Waals surface area contributed by atoms with E-state index in [1.165, 1.54) is 4.70 Å². The number of pyridine rings is 2.